The summed E-state index contributed by atoms with van der Waals surface area (Å²) in [4.78, 5) is 33.0. The van der Waals surface area contributed by atoms with Crippen LogP contribution in [0.15, 0.2) is 42.7 Å². The topological polar surface area (TPSA) is 102 Å². The molecule has 1 aromatic carbocycles. The van der Waals surface area contributed by atoms with Crippen molar-refractivity contribution in [2.75, 3.05) is 18.5 Å². The van der Waals surface area contributed by atoms with Gasteiger partial charge >= 0.3 is 17.8 Å². The number of carbonyl (C=O) groups is 2. The highest BCUT2D eigenvalue weighted by Gasteiger charge is 2.64. The van der Waals surface area contributed by atoms with Crippen molar-refractivity contribution >= 4 is 38.6 Å². The van der Waals surface area contributed by atoms with Crippen LogP contribution in [0.3, 0.4) is 0 Å². The summed E-state index contributed by atoms with van der Waals surface area (Å²) in [7, 11) is 0. The van der Waals surface area contributed by atoms with Gasteiger partial charge in [-0.05, 0) is 44.2 Å². The maximum atomic E-state index is 14.3. The van der Waals surface area contributed by atoms with E-state index >= 15 is 0 Å². The van der Waals surface area contributed by atoms with Crippen molar-refractivity contribution < 1.29 is 32.2 Å². The Hall–Kier alpha value is -3.41. The Morgan fingerprint density at radius 1 is 1.16 bits per heavy atom. The molecule has 1 amide bonds. The molecule has 8 nitrogen and oxygen atoms in total. The lowest BCUT2D eigenvalue weighted by molar-refractivity contribution is -0.204. The number of esters is 1. The Kier molecular flexibility index (Phi) is 6.82. The van der Waals surface area contributed by atoms with Crippen molar-refractivity contribution in [3.05, 3.63) is 48.3 Å². The van der Waals surface area contributed by atoms with Crippen molar-refractivity contribution in [2.45, 2.75) is 25.7 Å². The monoisotopic (exact) mass is 468 g/mol. The average molecular weight is 468 g/mol. The molecule has 1 atom stereocenters. The maximum absolute atomic E-state index is 14.3. The Morgan fingerprint density at radius 3 is 2.56 bits per heavy atom. The first-order chi connectivity index (χ1) is 15.2. The normalized spacial score (nSPS) is 13.3. The summed E-state index contributed by atoms with van der Waals surface area (Å²) in [5, 5.41) is 3.58. The number of pyridine rings is 1. The quantitative estimate of drug-likeness (QED) is 0.383. The molecule has 0 spiro atoms. The Bertz CT molecular complexity index is 1110. The molecule has 0 fully saturated rings. The van der Waals surface area contributed by atoms with Crippen LogP contribution in [0.5, 0.6) is 5.75 Å². The molecule has 2 N–H and O–H groups in total. The molecule has 0 saturated carbocycles. The van der Waals surface area contributed by atoms with Gasteiger partial charge < -0.3 is 20.1 Å². The van der Waals surface area contributed by atoms with E-state index in [-0.39, 0.29) is 17.3 Å². The maximum Gasteiger partial charge on any atom is 0.442 e. The molecule has 3 aromatic rings. The number of ether oxygens (including phenoxy) is 2. The lowest BCUT2D eigenvalue weighted by atomic mass is 10.1. The molecule has 0 radical (unpaired) electrons. The highest BCUT2D eigenvalue weighted by molar-refractivity contribution is 7.22. The number of alkyl halides is 3. The fraction of sp³-hybridized carbons (Fsp3) is 0.300. The summed E-state index contributed by atoms with van der Waals surface area (Å²) in [5.41, 5.74) is -3.36. The number of rotatable bonds is 8. The van der Waals surface area contributed by atoms with Crippen LogP contribution in [-0.4, -0.2) is 46.9 Å². The molecular weight excluding hydrogens is 449 g/mol. The molecule has 0 aliphatic rings. The van der Waals surface area contributed by atoms with Gasteiger partial charge in [0.05, 0.1) is 29.0 Å². The van der Waals surface area contributed by atoms with Gasteiger partial charge in [-0.2, -0.15) is 13.2 Å². The van der Waals surface area contributed by atoms with Crippen LogP contribution < -0.4 is 15.4 Å². The third-order valence-electron chi connectivity index (χ3n) is 4.20. The summed E-state index contributed by atoms with van der Waals surface area (Å²) in [6.07, 6.45) is -2.84. The first-order valence-electron chi connectivity index (χ1n) is 9.48. The lowest BCUT2D eigenvalue weighted by Crippen LogP contribution is -2.69. The van der Waals surface area contributed by atoms with E-state index in [9.17, 15) is 22.8 Å². The van der Waals surface area contributed by atoms with Gasteiger partial charge in [0.15, 0.2) is 5.13 Å². The number of benzene rings is 1. The number of hydrogen-bond donors (Lipinski definition) is 2. The number of nitrogens with one attached hydrogen (secondary N) is 2. The van der Waals surface area contributed by atoms with Gasteiger partial charge in [-0.15, -0.1) is 0 Å². The van der Waals surface area contributed by atoms with E-state index in [0.29, 0.717) is 22.6 Å². The fourth-order valence-electron chi connectivity index (χ4n) is 2.74. The van der Waals surface area contributed by atoms with E-state index in [1.807, 2.05) is 0 Å². The molecule has 0 aliphatic carbocycles. The van der Waals surface area contributed by atoms with Crippen LogP contribution in [0.2, 0.25) is 0 Å². The van der Waals surface area contributed by atoms with Crippen molar-refractivity contribution in [1.82, 2.24) is 15.3 Å². The number of thiazole rings is 1. The zero-order valence-corrected chi connectivity index (χ0v) is 17.8. The predicted octanol–water partition coefficient (Wildman–Crippen LogP) is 3.75. The van der Waals surface area contributed by atoms with Crippen LogP contribution in [-0.2, 0) is 9.53 Å². The van der Waals surface area contributed by atoms with Crippen LogP contribution in [0.25, 0.3) is 10.2 Å². The van der Waals surface area contributed by atoms with E-state index in [0.717, 1.165) is 17.5 Å². The zero-order chi connectivity index (χ0) is 23.4. The summed E-state index contributed by atoms with van der Waals surface area (Å²) < 4.78 is 53.5. The minimum absolute atomic E-state index is 0.169. The van der Waals surface area contributed by atoms with E-state index in [1.165, 1.54) is 25.3 Å². The average Bonchev–Trinajstić information content (AvgIpc) is 3.15. The third-order valence-corrected chi connectivity index (χ3v) is 5.13. The Balaban J connectivity index is 2.04. The molecule has 0 aliphatic heterocycles. The van der Waals surface area contributed by atoms with Crippen LogP contribution >= 0.6 is 11.3 Å². The molecule has 12 heteroatoms. The number of amides is 1. The summed E-state index contributed by atoms with van der Waals surface area (Å²) in [6, 6.07) is 7.47. The molecular formula is C20H19F3N4O4S. The second kappa shape index (κ2) is 9.39. The van der Waals surface area contributed by atoms with Crippen molar-refractivity contribution in [1.29, 1.82) is 0 Å². The smallest absolute Gasteiger partial charge is 0.442 e. The standard InChI is InChI=1S/C20H19F3N4O4S/c1-3-30-13-7-8-14-15(10-13)32-18(25-14)27-19(20(21,22)23,17(29)31-4-2)26-16(28)12-6-5-9-24-11-12/h5-11H,3-4H2,1-2H3,(H,25,27)(H,26,28)/t19-/m1/s1. The van der Waals surface area contributed by atoms with E-state index < -0.39 is 23.7 Å². The largest absolute Gasteiger partial charge is 0.494 e. The van der Waals surface area contributed by atoms with Gasteiger partial charge in [-0.1, -0.05) is 11.3 Å². The van der Waals surface area contributed by atoms with Crippen LogP contribution in [0.4, 0.5) is 18.3 Å². The van der Waals surface area contributed by atoms with Gasteiger partial charge in [-0.3, -0.25) is 9.78 Å². The summed E-state index contributed by atoms with van der Waals surface area (Å²) in [6.45, 7) is 3.23. The van der Waals surface area contributed by atoms with Gasteiger partial charge in [-0.25, -0.2) is 9.78 Å². The minimum atomic E-state index is -5.27. The fourth-order valence-corrected chi connectivity index (χ4v) is 3.69. The molecule has 0 saturated heterocycles. The van der Waals surface area contributed by atoms with Crippen molar-refractivity contribution in [2.24, 2.45) is 0 Å². The molecule has 2 heterocycles. The van der Waals surface area contributed by atoms with E-state index in [2.05, 4.69) is 20.0 Å². The molecule has 170 valence electrons. The number of hydrogen-bond acceptors (Lipinski definition) is 8. The van der Waals surface area contributed by atoms with Gasteiger partial charge in [0, 0.05) is 12.4 Å². The van der Waals surface area contributed by atoms with E-state index in [4.69, 9.17) is 4.74 Å². The van der Waals surface area contributed by atoms with Crippen molar-refractivity contribution in [3.8, 4) is 5.75 Å². The second-order valence-electron chi connectivity index (χ2n) is 6.37. The molecule has 3 rings (SSSR count). The minimum Gasteiger partial charge on any atom is -0.494 e. The van der Waals surface area contributed by atoms with Crippen LogP contribution in [0.1, 0.15) is 24.2 Å². The lowest BCUT2D eigenvalue weighted by Gasteiger charge is -2.34. The van der Waals surface area contributed by atoms with Crippen molar-refractivity contribution in [3.63, 3.8) is 0 Å². The third kappa shape index (κ3) is 4.74. The van der Waals surface area contributed by atoms with E-state index in [1.54, 1.807) is 30.4 Å². The first-order valence-corrected chi connectivity index (χ1v) is 10.3. The molecule has 0 bridgehead atoms. The highest BCUT2D eigenvalue weighted by atomic mass is 32.1. The number of fused-ring (bicyclic) bond motifs is 1. The number of halogens is 3. The molecule has 0 unspecified atom stereocenters. The highest BCUT2D eigenvalue weighted by Crippen LogP contribution is 2.36. The molecule has 2 aromatic heterocycles. The number of nitrogens with zero attached hydrogens (tertiary/aromatic N) is 2. The Labute approximate surface area is 184 Å². The Morgan fingerprint density at radius 2 is 1.94 bits per heavy atom. The molecule has 32 heavy (non-hydrogen) atoms. The van der Waals surface area contributed by atoms with Gasteiger partial charge in [0.25, 0.3) is 5.91 Å². The van der Waals surface area contributed by atoms with Gasteiger partial charge in [0.1, 0.15) is 5.75 Å². The number of anilines is 1. The summed E-state index contributed by atoms with van der Waals surface area (Å²) in [5.74, 6) is -2.37. The first kappa shape index (κ1) is 23.3. The number of aromatic nitrogens is 2. The second-order valence-corrected chi connectivity index (χ2v) is 7.40. The zero-order valence-electron chi connectivity index (χ0n) is 17.0. The van der Waals surface area contributed by atoms with Crippen LogP contribution in [0, 0.1) is 0 Å². The SMILES string of the molecule is CCOC(=O)[C@@](NC(=O)c1cccnc1)(Nc1nc2ccc(OCC)cc2s1)C(F)(F)F. The number of carbonyl (C=O) groups excluding carboxylic acids is 2. The van der Waals surface area contributed by atoms with Gasteiger partial charge in [0.2, 0.25) is 0 Å². The summed E-state index contributed by atoms with van der Waals surface area (Å²) >= 11 is 0.865. The predicted molar refractivity (Wildman–Crippen MR) is 112 cm³/mol.